The van der Waals surface area contributed by atoms with Crippen molar-refractivity contribution >= 4 is 12.6 Å². The molecule has 0 aromatic rings. The van der Waals surface area contributed by atoms with Crippen LogP contribution >= 0.6 is 0 Å². The summed E-state index contributed by atoms with van der Waals surface area (Å²) < 4.78 is 0. The van der Waals surface area contributed by atoms with E-state index < -0.39 is 0 Å². The third-order valence-corrected chi connectivity index (χ3v) is 0. The Bertz CT molecular complexity index is 53.8. The summed E-state index contributed by atoms with van der Waals surface area (Å²) in [5.41, 5.74) is 0. The smallest absolute Gasteiger partial charge is 0.414 e. The van der Waals surface area contributed by atoms with Gasteiger partial charge in [0, 0.05) is 0 Å². The van der Waals surface area contributed by atoms with E-state index in [0.717, 1.165) is 6.08 Å². The summed E-state index contributed by atoms with van der Waals surface area (Å²) in [6.45, 7) is 0.500. The molecule has 0 spiro atoms. The van der Waals surface area contributed by atoms with Gasteiger partial charge in [0.2, 0.25) is 6.08 Å². The van der Waals surface area contributed by atoms with E-state index in [0.29, 0.717) is 6.47 Å². The summed E-state index contributed by atoms with van der Waals surface area (Å²) in [4.78, 5) is 16.6. The quantitative estimate of drug-likeness (QED) is 0.310. The van der Waals surface area contributed by atoms with Gasteiger partial charge in [0.1, 0.15) is 0 Å². The molecule has 0 bridgehead atoms. The van der Waals surface area contributed by atoms with Crippen molar-refractivity contribution < 1.29 is 14.7 Å². The number of aliphatic hydroxyl groups excluding tert-OH is 1. The molecule has 6 heavy (non-hydrogen) atoms. The molecule has 0 heterocycles. The summed E-state index contributed by atoms with van der Waals surface area (Å²) in [6, 6.07) is 0. The number of hydrogen-bond acceptors (Lipinski definition) is 3. The predicted octanol–water partition coefficient (Wildman–Crippen LogP) is -0.487. The maximum atomic E-state index is 8.35. The van der Waals surface area contributed by atoms with E-state index in [2.05, 4.69) is 0 Å². The van der Waals surface area contributed by atoms with Gasteiger partial charge in [-0.05, 0) is 0 Å². The molecule has 0 aromatic carbocycles. The zero-order chi connectivity index (χ0) is 5.41. The molecule has 1 radical (unpaired) electrons. The Morgan fingerprint density at radius 1 is 1.50 bits per heavy atom. The Balaban J connectivity index is 0. The molecule has 4 heteroatoms. The van der Waals surface area contributed by atoms with Crippen molar-refractivity contribution in [1.29, 1.82) is 5.41 Å². The molecule has 0 aromatic heterocycles. The summed E-state index contributed by atoms with van der Waals surface area (Å²) in [7, 11) is 0. The Labute approximate surface area is 33.9 Å². The van der Waals surface area contributed by atoms with Crippen LogP contribution in [-0.2, 0) is 9.59 Å². The van der Waals surface area contributed by atoms with E-state index in [1.165, 1.54) is 0 Å². The molecule has 0 saturated carbocycles. The molecule has 0 fully saturated rings. The van der Waals surface area contributed by atoms with Crippen molar-refractivity contribution in [2.45, 2.75) is 0 Å². The van der Waals surface area contributed by atoms with Gasteiger partial charge < -0.3 is 5.11 Å². The molecule has 0 aliphatic heterocycles. The SMILES string of the molecule is N=C=O.O=[C]O. The maximum absolute atomic E-state index is 8.35. The first kappa shape index (κ1) is 8.85. The van der Waals surface area contributed by atoms with E-state index in [-0.39, 0.29) is 0 Å². The van der Waals surface area contributed by atoms with Gasteiger partial charge in [-0.3, -0.25) is 0 Å². The second-order valence-electron chi connectivity index (χ2n) is 0.193. The van der Waals surface area contributed by atoms with E-state index in [1.807, 2.05) is 0 Å². The van der Waals surface area contributed by atoms with Gasteiger partial charge in [-0.25, -0.2) is 15.0 Å². The number of carbonyl (C=O) groups excluding carboxylic acids is 1. The first-order chi connectivity index (χ1) is 2.83. The summed E-state index contributed by atoms with van der Waals surface area (Å²) >= 11 is 0. The Kier molecular flexibility index (Phi) is 63.8. The van der Waals surface area contributed by atoms with Crippen LogP contribution in [0, 0.1) is 5.41 Å². The van der Waals surface area contributed by atoms with Crippen molar-refractivity contribution in [3.63, 3.8) is 0 Å². The van der Waals surface area contributed by atoms with Gasteiger partial charge >= 0.3 is 6.47 Å². The van der Waals surface area contributed by atoms with Gasteiger partial charge in [-0.1, -0.05) is 0 Å². The van der Waals surface area contributed by atoms with Crippen molar-refractivity contribution in [1.82, 2.24) is 0 Å². The highest BCUT2D eigenvalue weighted by Gasteiger charge is 1.30. The van der Waals surface area contributed by atoms with Crippen molar-refractivity contribution in [2.75, 3.05) is 0 Å². The fourth-order valence-corrected chi connectivity index (χ4v) is 0. The first-order valence-corrected chi connectivity index (χ1v) is 0.882. The van der Waals surface area contributed by atoms with Crippen molar-refractivity contribution in [3.05, 3.63) is 0 Å². The van der Waals surface area contributed by atoms with Crippen molar-refractivity contribution in [2.24, 2.45) is 0 Å². The Hall–Kier alpha value is -1.15. The van der Waals surface area contributed by atoms with Crippen LogP contribution in [0.15, 0.2) is 0 Å². The third-order valence-electron chi connectivity index (χ3n) is 0. The van der Waals surface area contributed by atoms with E-state index >= 15 is 0 Å². The summed E-state index contributed by atoms with van der Waals surface area (Å²) in [6.07, 6.45) is 0.750. The minimum Gasteiger partial charge on any atom is -0.473 e. The van der Waals surface area contributed by atoms with Crippen LogP contribution in [-0.4, -0.2) is 17.7 Å². The molecule has 2 N–H and O–H groups in total. The lowest BCUT2D eigenvalue weighted by molar-refractivity contribution is 0.437. The van der Waals surface area contributed by atoms with Crippen LogP contribution in [0.25, 0.3) is 0 Å². The minimum absolute atomic E-state index is 0.500. The highest BCUT2D eigenvalue weighted by Crippen LogP contribution is 0.973. The summed E-state index contributed by atoms with van der Waals surface area (Å²) in [5, 5.41) is 12.2. The molecule has 33 valence electrons. The fraction of sp³-hybridized carbons (Fsp3) is 0. The standard InChI is InChI=1S/CHNO.CHO2/c2*2-1-3/h2H;(H,2,3). The topological polar surface area (TPSA) is 78.2 Å². The largest absolute Gasteiger partial charge is 0.473 e. The second-order valence-corrected chi connectivity index (χ2v) is 0.193. The maximum Gasteiger partial charge on any atom is 0.414 e. The Morgan fingerprint density at radius 2 is 1.50 bits per heavy atom. The second kappa shape index (κ2) is 43.3. The highest BCUT2D eigenvalue weighted by molar-refractivity contribution is 5.34. The zero-order valence-electron chi connectivity index (χ0n) is 2.76. The average Bonchev–Trinajstić information content (AvgIpc) is 1.39. The van der Waals surface area contributed by atoms with Gasteiger partial charge in [0.15, 0.2) is 0 Å². The van der Waals surface area contributed by atoms with Crippen molar-refractivity contribution in [3.8, 4) is 0 Å². The number of nitrogens with one attached hydrogen (secondary N) is 1. The molecular weight excluding hydrogens is 86.0 g/mol. The van der Waals surface area contributed by atoms with Crippen LogP contribution in [0.5, 0.6) is 0 Å². The van der Waals surface area contributed by atoms with E-state index in [4.69, 9.17) is 20.1 Å². The third kappa shape index (κ3) is 7.38. The first-order valence-electron chi connectivity index (χ1n) is 0.882. The van der Waals surface area contributed by atoms with Crippen LogP contribution in [0.3, 0.4) is 0 Å². The number of rotatable bonds is 0. The number of isocyanates is 1. The molecule has 0 rings (SSSR count). The highest BCUT2D eigenvalue weighted by atomic mass is 16.3. The molecule has 0 aliphatic rings. The molecular formula is C2H2NO3. The van der Waals surface area contributed by atoms with E-state index in [9.17, 15) is 0 Å². The van der Waals surface area contributed by atoms with Crippen LogP contribution in [0.2, 0.25) is 0 Å². The lowest BCUT2D eigenvalue weighted by Crippen LogP contribution is -1.48. The van der Waals surface area contributed by atoms with E-state index in [1.54, 1.807) is 0 Å². The molecule has 0 saturated heterocycles. The Morgan fingerprint density at radius 3 is 1.50 bits per heavy atom. The monoisotopic (exact) mass is 88.0 g/mol. The normalized spacial score (nSPS) is 3.33. The zero-order valence-corrected chi connectivity index (χ0v) is 2.76. The van der Waals surface area contributed by atoms with Gasteiger partial charge in [-0.2, -0.15) is 0 Å². The van der Waals surface area contributed by atoms with Crippen LogP contribution in [0.1, 0.15) is 0 Å². The molecule has 0 unspecified atom stereocenters. The average molecular weight is 88.0 g/mol. The lowest BCUT2D eigenvalue weighted by Gasteiger charge is -1.29. The van der Waals surface area contributed by atoms with Gasteiger partial charge in [0.25, 0.3) is 0 Å². The molecule has 0 atom stereocenters. The van der Waals surface area contributed by atoms with Crippen LogP contribution < -0.4 is 0 Å². The van der Waals surface area contributed by atoms with Gasteiger partial charge in [0.05, 0.1) is 0 Å². The summed E-state index contributed by atoms with van der Waals surface area (Å²) in [5.74, 6) is 0. The molecule has 4 nitrogen and oxygen atoms in total. The van der Waals surface area contributed by atoms with Crippen LogP contribution in [0.4, 0.5) is 0 Å². The molecule has 0 amide bonds. The number of hydrogen-bond donors (Lipinski definition) is 2. The lowest BCUT2D eigenvalue weighted by atomic mass is 11.7. The fourth-order valence-electron chi connectivity index (χ4n) is 0. The predicted molar refractivity (Wildman–Crippen MR) is 16.7 cm³/mol. The van der Waals surface area contributed by atoms with Gasteiger partial charge in [-0.15, -0.1) is 0 Å². The minimum atomic E-state index is 0.500. The molecule has 0 aliphatic carbocycles.